The first-order valence-electron chi connectivity index (χ1n) is 3.57. The van der Waals surface area contributed by atoms with E-state index < -0.39 is 5.97 Å². The van der Waals surface area contributed by atoms with Gasteiger partial charge >= 0.3 is 5.97 Å². The second-order valence-electron chi connectivity index (χ2n) is 2.46. The predicted molar refractivity (Wildman–Crippen MR) is 49.0 cm³/mol. The Kier molecular flexibility index (Phi) is 6.03. The zero-order valence-electron chi connectivity index (χ0n) is 6.80. The van der Waals surface area contributed by atoms with Crippen LogP contribution in [0.15, 0.2) is 12.2 Å². The molecule has 0 saturated carbocycles. The Morgan fingerprint density at radius 2 is 2.00 bits per heavy atom. The van der Waals surface area contributed by atoms with Crippen LogP contribution in [0.2, 0.25) is 0 Å². The minimum Gasteiger partial charge on any atom is -0.481 e. The molecule has 64 valence electrons. The minimum absolute atomic E-state index is 0.265. The van der Waals surface area contributed by atoms with Gasteiger partial charge in [0.15, 0.2) is 0 Å². The zero-order chi connectivity index (χ0) is 8.69. The summed E-state index contributed by atoms with van der Waals surface area (Å²) in [7, 11) is 0. The van der Waals surface area contributed by atoms with Gasteiger partial charge in [-0.1, -0.05) is 5.57 Å². The number of carbonyl (C=O) groups is 1. The number of allylic oxidation sites excluding steroid dienone is 1. The average molecular weight is 174 g/mol. The van der Waals surface area contributed by atoms with Gasteiger partial charge in [0.25, 0.3) is 0 Å². The number of carboxylic acids is 1. The molecule has 0 unspecified atom stereocenters. The maximum atomic E-state index is 10.1. The normalized spacial score (nSPS) is 9.55. The molecule has 0 radical (unpaired) electrons. The van der Waals surface area contributed by atoms with Crippen molar-refractivity contribution in [2.75, 3.05) is 11.5 Å². The molecule has 0 aromatic heterocycles. The molecule has 0 heterocycles. The third-order valence-corrected chi connectivity index (χ3v) is 2.12. The van der Waals surface area contributed by atoms with E-state index in [9.17, 15) is 4.79 Å². The Hall–Kier alpha value is -0.440. The summed E-state index contributed by atoms with van der Waals surface area (Å²) in [6.45, 7) is 5.74. The lowest BCUT2D eigenvalue weighted by molar-refractivity contribution is -0.136. The van der Waals surface area contributed by atoms with Crippen molar-refractivity contribution in [2.24, 2.45) is 0 Å². The van der Waals surface area contributed by atoms with Gasteiger partial charge in [-0.2, -0.15) is 11.8 Å². The number of rotatable bonds is 6. The van der Waals surface area contributed by atoms with E-state index in [-0.39, 0.29) is 6.42 Å². The van der Waals surface area contributed by atoms with E-state index in [0.717, 1.165) is 17.7 Å². The summed E-state index contributed by atoms with van der Waals surface area (Å²) >= 11 is 1.67. The summed E-state index contributed by atoms with van der Waals surface area (Å²) in [5.41, 5.74) is 1.16. The zero-order valence-corrected chi connectivity index (χ0v) is 7.62. The van der Waals surface area contributed by atoms with Gasteiger partial charge in [-0.25, -0.2) is 0 Å². The molecule has 3 heteroatoms. The number of hydrogen-bond acceptors (Lipinski definition) is 2. The summed E-state index contributed by atoms with van der Waals surface area (Å²) in [6, 6.07) is 0. The lowest BCUT2D eigenvalue weighted by atomic mass is 10.3. The Labute approximate surface area is 71.7 Å². The van der Waals surface area contributed by atoms with Crippen molar-refractivity contribution in [3.8, 4) is 0 Å². The highest BCUT2D eigenvalue weighted by molar-refractivity contribution is 7.99. The fraction of sp³-hybridized carbons (Fsp3) is 0.625. The van der Waals surface area contributed by atoms with Crippen molar-refractivity contribution in [1.29, 1.82) is 0 Å². The Morgan fingerprint density at radius 1 is 1.45 bits per heavy atom. The predicted octanol–water partition coefficient (Wildman–Crippen LogP) is 2.16. The Bertz CT molecular complexity index is 127. The van der Waals surface area contributed by atoms with E-state index >= 15 is 0 Å². The molecule has 0 aromatic rings. The van der Waals surface area contributed by atoms with E-state index in [4.69, 9.17) is 5.11 Å². The van der Waals surface area contributed by atoms with Gasteiger partial charge in [0.1, 0.15) is 0 Å². The highest BCUT2D eigenvalue weighted by atomic mass is 32.2. The molecule has 0 aliphatic rings. The highest BCUT2D eigenvalue weighted by Crippen LogP contribution is 2.07. The molecule has 0 fully saturated rings. The van der Waals surface area contributed by atoms with Crippen molar-refractivity contribution in [3.05, 3.63) is 12.2 Å². The first-order valence-corrected chi connectivity index (χ1v) is 4.72. The van der Waals surface area contributed by atoms with E-state index in [0.29, 0.717) is 5.75 Å². The smallest absolute Gasteiger partial charge is 0.304 e. The van der Waals surface area contributed by atoms with Crippen LogP contribution in [0.25, 0.3) is 0 Å². The maximum absolute atomic E-state index is 10.1. The second-order valence-corrected chi connectivity index (χ2v) is 3.69. The monoisotopic (exact) mass is 174 g/mol. The lowest BCUT2D eigenvalue weighted by Crippen LogP contribution is -1.96. The first kappa shape index (κ1) is 10.6. The van der Waals surface area contributed by atoms with Crippen LogP contribution >= 0.6 is 11.8 Å². The van der Waals surface area contributed by atoms with E-state index in [1.54, 1.807) is 11.8 Å². The van der Waals surface area contributed by atoms with Crippen LogP contribution in [0.1, 0.15) is 19.8 Å². The molecule has 0 aliphatic carbocycles. The van der Waals surface area contributed by atoms with Crippen molar-refractivity contribution in [2.45, 2.75) is 19.8 Å². The summed E-state index contributed by atoms with van der Waals surface area (Å²) in [5.74, 6) is 0.985. The summed E-state index contributed by atoms with van der Waals surface area (Å²) in [4.78, 5) is 10.1. The molecule has 0 spiro atoms. The second kappa shape index (κ2) is 6.28. The van der Waals surface area contributed by atoms with E-state index in [2.05, 4.69) is 6.58 Å². The molecule has 0 saturated heterocycles. The average Bonchev–Trinajstić information content (AvgIpc) is 1.85. The molecule has 2 nitrogen and oxygen atoms in total. The van der Waals surface area contributed by atoms with Crippen LogP contribution in [0.4, 0.5) is 0 Å². The van der Waals surface area contributed by atoms with Gasteiger partial charge in [0.05, 0.1) is 6.42 Å². The van der Waals surface area contributed by atoms with E-state index in [1.165, 1.54) is 0 Å². The molecule has 0 aliphatic heterocycles. The standard InChI is InChI=1S/C8H14O2S/c1-7(2)3-5-11-6-4-8(9)10/h1,3-6H2,2H3,(H,9,10). The molecule has 0 atom stereocenters. The maximum Gasteiger partial charge on any atom is 0.304 e. The molecule has 0 rings (SSSR count). The lowest BCUT2D eigenvalue weighted by Gasteiger charge is -1.97. The fourth-order valence-corrected chi connectivity index (χ4v) is 1.52. The molecular weight excluding hydrogens is 160 g/mol. The van der Waals surface area contributed by atoms with Gasteiger partial charge in [0, 0.05) is 5.75 Å². The number of hydrogen-bond donors (Lipinski definition) is 1. The van der Waals surface area contributed by atoms with Gasteiger partial charge in [-0.15, -0.1) is 6.58 Å². The van der Waals surface area contributed by atoms with Crippen LogP contribution in [-0.2, 0) is 4.79 Å². The van der Waals surface area contributed by atoms with Gasteiger partial charge < -0.3 is 5.11 Å². The molecule has 11 heavy (non-hydrogen) atoms. The van der Waals surface area contributed by atoms with E-state index in [1.807, 2.05) is 6.92 Å². The van der Waals surface area contributed by atoms with Gasteiger partial charge in [-0.05, 0) is 19.1 Å². The van der Waals surface area contributed by atoms with Crippen molar-refractivity contribution >= 4 is 17.7 Å². The number of aliphatic carboxylic acids is 1. The third-order valence-electron chi connectivity index (χ3n) is 1.13. The Morgan fingerprint density at radius 3 is 2.45 bits per heavy atom. The summed E-state index contributed by atoms with van der Waals surface area (Å²) in [6.07, 6.45) is 1.26. The topological polar surface area (TPSA) is 37.3 Å². The van der Waals surface area contributed by atoms with Crippen molar-refractivity contribution in [3.63, 3.8) is 0 Å². The van der Waals surface area contributed by atoms with Crippen LogP contribution < -0.4 is 0 Å². The largest absolute Gasteiger partial charge is 0.481 e. The molecule has 1 N–H and O–H groups in total. The SMILES string of the molecule is C=C(C)CCSCCC(=O)O. The highest BCUT2D eigenvalue weighted by Gasteiger charge is 1.95. The third kappa shape index (κ3) is 9.56. The van der Waals surface area contributed by atoms with Crippen molar-refractivity contribution < 1.29 is 9.90 Å². The van der Waals surface area contributed by atoms with Crippen LogP contribution in [0.3, 0.4) is 0 Å². The quantitative estimate of drug-likeness (QED) is 0.495. The molecule has 0 bridgehead atoms. The van der Waals surface area contributed by atoms with Gasteiger partial charge in [0.2, 0.25) is 0 Å². The fourth-order valence-electron chi connectivity index (χ4n) is 0.508. The summed E-state index contributed by atoms with van der Waals surface area (Å²) in [5, 5.41) is 8.29. The molecule has 0 amide bonds. The van der Waals surface area contributed by atoms with Crippen LogP contribution in [-0.4, -0.2) is 22.6 Å². The van der Waals surface area contributed by atoms with Crippen LogP contribution in [0.5, 0.6) is 0 Å². The molecule has 0 aromatic carbocycles. The number of thioether (sulfide) groups is 1. The van der Waals surface area contributed by atoms with Gasteiger partial charge in [-0.3, -0.25) is 4.79 Å². The van der Waals surface area contributed by atoms with Crippen molar-refractivity contribution in [1.82, 2.24) is 0 Å². The first-order chi connectivity index (χ1) is 5.13. The summed E-state index contributed by atoms with van der Waals surface area (Å²) < 4.78 is 0. The van der Waals surface area contributed by atoms with Crippen LogP contribution in [0, 0.1) is 0 Å². The Balaban J connectivity index is 3.03. The number of carboxylic acid groups (broad SMARTS) is 1. The minimum atomic E-state index is -0.715. The molecular formula is C8H14O2S.